The van der Waals surface area contributed by atoms with Gasteiger partial charge in [0.05, 0.1) is 31.7 Å². The zero-order chi connectivity index (χ0) is 20.1. The third kappa shape index (κ3) is 3.72. The number of hydrogen-bond donors (Lipinski definition) is 0. The van der Waals surface area contributed by atoms with E-state index in [1.807, 2.05) is 42.5 Å². The van der Waals surface area contributed by atoms with Gasteiger partial charge in [-0.15, -0.1) is 0 Å². The number of benzene rings is 2. The molecule has 0 N–H and O–H groups in total. The Bertz CT molecular complexity index is 941. The summed E-state index contributed by atoms with van der Waals surface area (Å²) in [6.07, 6.45) is 0. The Hall–Kier alpha value is -3.64. The first-order chi connectivity index (χ1) is 13.6. The number of carbonyl (C=O) groups excluding carboxylic acids is 1. The van der Waals surface area contributed by atoms with Crippen molar-refractivity contribution in [2.45, 2.75) is 19.4 Å². The summed E-state index contributed by atoms with van der Waals surface area (Å²) in [4.78, 5) is 13.2. The van der Waals surface area contributed by atoms with Gasteiger partial charge in [-0.3, -0.25) is 4.79 Å². The first-order valence-electron chi connectivity index (χ1n) is 8.92. The molecule has 1 aliphatic heterocycles. The van der Waals surface area contributed by atoms with Crippen molar-refractivity contribution in [2.75, 3.05) is 7.11 Å². The van der Waals surface area contributed by atoms with E-state index in [1.54, 1.807) is 38.3 Å². The monoisotopic (exact) mass is 372 g/mol. The third-order valence-corrected chi connectivity index (χ3v) is 4.92. The highest BCUT2D eigenvalue weighted by molar-refractivity contribution is 6.07. The average molecular weight is 372 g/mol. The van der Waals surface area contributed by atoms with Crippen LogP contribution in [0, 0.1) is 34.5 Å². The van der Waals surface area contributed by atoms with Gasteiger partial charge in [0.1, 0.15) is 11.7 Å². The molecule has 1 amide bonds. The predicted octanol–water partition coefficient (Wildman–Crippen LogP) is 3.48. The maximum absolute atomic E-state index is 13.2. The van der Waals surface area contributed by atoms with Gasteiger partial charge in [0.25, 0.3) is 5.91 Å². The van der Waals surface area contributed by atoms with E-state index in [0.717, 1.165) is 11.1 Å². The topological polar surface area (TPSA) is 89.5 Å². The zero-order valence-corrected chi connectivity index (χ0v) is 15.7. The molecule has 6 nitrogen and oxygen atoms in total. The van der Waals surface area contributed by atoms with Crippen LogP contribution < -0.4 is 4.74 Å². The van der Waals surface area contributed by atoms with Crippen molar-refractivity contribution in [3.8, 4) is 17.9 Å². The number of methoxy groups -OCH3 is 1. The first-order valence-corrected chi connectivity index (χ1v) is 8.92. The van der Waals surface area contributed by atoms with E-state index in [1.165, 1.54) is 5.01 Å². The van der Waals surface area contributed by atoms with Gasteiger partial charge in [0, 0.05) is 11.6 Å². The number of rotatable bonds is 6. The van der Waals surface area contributed by atoms with E-state index in [-0.39, 0.29) is 5.91 Å². The van der Waals surface area contributed by atoms with E-state index in [4.69, 9.17) is 4.74 Å². The van der Waals surface area contributed by atoms with Gasteiger partial charge in [-0.1, -0.05) is 42.5 Å². The highest BCUT2D eigenvalue weighted by Crippen LogP contribution is 2.38. The molecule has 2 unspecified atom stereocenters. The predicted molar refractivity (Wildman–Crippen MR) is 104 cm³/mol. The summed E-state index contributed by atoms with van der Waals surface area (Å²) < 4.78 is 5.18. The van der Waals surface area contributed by atoms with E-state index in [2.05, 4.69) is 5.10 Å². The SMILES string of the molecule is COc1ccc(C(C(C#N)C#N)C2C(=O)N(Cc3ccccc3)N=C2C)cc1. The summed E-state index contributed by atoms with van der Waals surface area (Å²) >= 11 is 0. The van der Waals surface area contributed by atoms with Crippen LogP contribution >= 0.6 is 0 Å². The van der Waals surface area contributed by atoms with Gasteiger partial charge in [0.2, 0.25) is 0 Å². The molecule has 6 heteroatoms. The normalized spacial score (nSPS) is 17.0. The summed E-state index contributed by atoms with van der Waals surface area (Å²) in [5.41, 5.74) is 2.31. The summed E-state index contributed by atoms with van der Waals surface area (Å²) in [6, 6.07) is 20.8. The van der Waals surface area contributed by atoms with Crippen LogP contribution in [0.15, 0.2) is 59.7 Å². The van der Waals surface area contributed by atoms with Gasteiger partial charge >= 0.3 is 0 Å². The van der Waals surface area contributed by atoms with Crippen LogP contribution in [0.1, 0.15) is 24.0 Å². The van der Waals surface area contributed by atoms with Crippen LogP contribution in [0.5, 0.6) is 5.75 Å². The molecule has 28 heavy (non-hydrogen) atoms. The van der Waals surface area contributed by atoms with Gasteiger partial charge in [0.15, 0.2) is 0 Å². The summed E-state index contributed by atoms with van der Waals surface area (Å²) in [6.45, 7) is 2.13. The lowest BCUT2D eigenvalue weighted by Gasteiger charge is -2.24. The third-order valence-electron chi connectivity index (χ3n) is 4.92. The number of hydrogen-bond acceptors (Lipinski definition) is 5. The maximum Gasteiger partial charge on any atom is 0.252 e. The van der Waals surface area contributed by atoms with Crippen molar-refractivity contribution >= 4 is 11.6 Å². The second kappa shape index (κ2) is 8.37. The largest absolute Gasteiger partial charge is 0.497 e. The lowest BCUT2D eigenvalue weighted by atomic mass is 9.76. The fourth-order valence-electron chi connectivity index (χ4n) is 3.52. The number of carbonyl (C=O) groups is 1. The minimum atomic E-state index is -0.968. The molecule has 0 spiro atoms. The van der Waals surface area contributed by atoms with Crippen LogP contribution in [0.4, 0.5) is 0 Å². The molecule has 2 atom stereocenters. The summed E-state index contributed by atoms with van der Waals surface area (Å²) in [7, 11) is 1.57. The van der Waals surface area contributed by atoms with E-state index in [0.29, 0.717) is 18.0 Å². The lowest BCUT2D eigenvalue weighted by molar-refractivity contribution is -0.133. The molecule has 3 rings (SSSR count). The molecule has 140 valence electrons. The molecule has 1 aliphatic rings. The smallest absolute Gasteiger partial charge is 0.252 e. The Morgan fingerprint density at radius 3 is 2.32 bits per heavy atom. The van der Waals surface area contributed by atoms with Crippen LogP contribution in [0.25, 0.3) is 0 Å². The van der Waals surface area contributed by atoms with Crippen molar-refractivity contribution in [3.63, 3.8) is 0 Å². The Morgan fingerprint density at radius 2 is 1.75 bits per heavy atom. The Kier molecular flexibility index (Phi) is 5.72. The van der Waals surface area contributed by atoms with Gasteiger partial charge in [-0.2, -0.15) is 15.6 Å². The Morgan fingerprint density at radius 1 is 1.11 bits per heavy atom. The molecule has 0 saturated heterocycles. The van der Waals surface area contributed by atoms with Crippen molar-refractivity contribution < 1.29 is 9.53 Å². The zero-order valence-electron chi connectivity index (χ0n) is 15.7. The molecule has 2 aromatic carbocycles. The Labute approximate surface area is 164 Å². The number of nitrogens with zero attached hydrogens (tertiary/aromatic N) is 4. The van der Waals surface area contributed by atoms with Crippen LogP contribution in [-0.4, -0.2) is 23.7 Å². The van der Waals surface area contributed by atoms with Crippen molar-refractivity contribution in [1.82, 2.24) is 5.01 Å². The van der Waals surface area contributed by atoms with Crippen LogP contribution in [-0.2, 0) is 11.3 Å². The molecule has 0 bridgehead atoms. The van der Waals surface area contributed by atoms with Crippen molar-refractivity contribution in [2.24, 2.45) is 16.9 Å². The van der Waals surface area contributed by atoms with Crippen molar-refractivity contribution in [3.05, 3.63) is 65.7 Å². The van der Waals surface area contributed by atoms with Gasteiger partial charge in [-0.25, -0.2) is 5.01 Å². The number of hydrazone groups is 1. The van der Waals surface area contributed by atoms with Crippen molar-refractivity contribution in [1.29, 1.82) is 10.5 Å². The van der Waals surface area contributed by atoms with Crippen LogP contribution in [0.3, 0.4) is 0 Å². The molecular weight excluding hydrogens is 352 g/mol. The van der Waals surface area contributed by atoms with E-state index in [9.17, 15) is 15.3 Å². The van der Waals surface area contributed by atoms with E-state index < -0.39 is 17.8 Å². The summed E-state index contributed by atoms with van der Waals surface area (Å²) in [5.74, 6) is -1.75. The number of amides is 1. The van der Waals surface area contributed by atoms with Gasteiger partial charge in [-0.05, 0) is 30.2 Å². The number of nitriles is 2. The van der Waals surface area contributed by atoms with Crippen LogP contribution in [0.2, 0.25) is 0 Å². The van der Waals surface area contributed by atoms with Gasteiger partial charge < -0.3 is 4.74 Å². The minimum absolute atomic E-state index is 0.197. The molecule has 0 radical (unpaired) electrons. The highest BCUT2D eigenvalue weighted by Gasteiger charge is 2.43. The summed E-state index contributed by atoms with van der Waals surface area (Å²) in [5, 5.41) is 24.9. The molecular formula is C22H20N4O2. The fourth-order valence-corrected chi connectivity index (χ4v) is 3.52. The molecule has 0 aliphatic carbocycles. The van der Waals surface area contributed by atoms with E-state index >= 15 is 0 Å². The molecule has 0 aromatic heterocycles. The average Bonchev–Trinajstić information content (AvgIpc) is 3.00. The second-order valence-electron chi connectivity index (χ2n) is 6.64. The lowest BCUT2D eigenvalue weighted by Crippen LogP contribution is -2.34. The Balaban J connectivity index is 1.93. The molecule has 1 heterocycles. The molecule has 0 fully saturated rings. The maximum atomic E-state index is 13.2. The minimum Gasteiger partial charge on any atom is -0.497 e. The highest BCUT2D eigenvalue weighted by atomic mass is 16.5. The fraction of sp³-hybridized carbons (Fsp3) is 0.273. The second-order valence-corrected chi connectivity index (χ2v) is 6.64. The number of ether oxygens (including phenoxy) is 1. The quantitative estimate of drug-likeness (QED) is 0.776. The standard InChI is InChI=1S/C22H20N4O2/c1-15-20(22(27)26(25-15)14-16-6-4-3-5-7-16)21(18(12-23)13-24)17-8-10-19(28-2)11-9-17/h3-11,18,20-21H,14H2,1-2H3. The molecule has 0 saturated carbocycles. The molecule has 2 aromatic rings. The first kappa shape index (κ1) is 19.1.